The van der Waals surface area contributed by atoms with E-state index in [0.717, 1.165) is 0 Å². The lowest BCUT2D eigenvalue weighted by Gasteiger charge is -2.07. The third kappa shape index (κ3) is 4.73. The molecule has 2 rings (SSSR count). The Kier molecular flexibility index (Phi) is 5.19. The lowest BCUT2D eigenvalue weighted by atomic mass is 10.1. The molecule has 120 valence electrons. The SMILES string of the molecule is C/C(=N\Nc1ccc([N+](=O)[O-])cc1)c1cccc(OC(F)F)c1. The summed E-state index contributed by atoms with van der Waals surface area (Å²) >= 11 is 0. The molecule has 0 heterocycles. The van der Waals surface area contributed by atoms with Gasteiger partial charge in [0, 0.05) is 17.7 Å². The van der Waals surface area contributed by atoms with Crippen LogP contribution in [0, 0.1) is 10.1 Å². The van der Waals surface area contributed by atoms with E-state index >= 15 is 0 Å². The number of alkyl halides is 2. The van der Waals surface area contributed by atoms with Gasteiger partial charge in [0.15, 0.2) is 0 Å². The zero-order chi connectivity index (χ0) is 16.8. The number of nitro benzene ring substituents is 1. The fourth-order valence-electron chi connectivity index (χ4n) is 1.77. The van der Waals surface area contributed by atoms with E-state index in [1.54, 1.807) is 19.1 Å². The first kappa shape index (κ1) is 16.3. The van der Waals surface area contributed by atoms with E-state index in [4.69, 9.17) is 0 Å². The second-order valence-electron chi connectivity index (χ2n) is 4.52. The number of non-ortho nitro benzene ring substituents is 1. The van der Waals surface area contributed by atoms with Gasteiger partial charge in [-0.15, -0.1) is 0 Å². The fraction of sp³-hybridized carbons (Fsp3) is 0.133. The molecule has 0 unspecified atom stereocenters. The molecule has 0 saturated carbocycles. The van der Waals surface area contributed by atoms with Crippen molar-refractivity contribution in [3.63, 3.8) is 0 Å². The van der Waals surface area contributed by atoms with Crippen molar-refractivity contribution in [3.05, 3.63) is 64.2 Å². The Balaban J connectivity index is 2.08. The van der Waals surface area contributed by atoms with E-state index in [2.05, 4.69) is 15.3 Å². The molecule has 0 fully saturated rings. The van der Waals surface area contributed by atoms with Crippen LogP contribution in [0.1, 0.15) is 12.5 Å². The van der Waals surface area contributed by atoms with Crippen LogP contribution >= 0.6 is 0 Å². The minimum absolute atomic E-state index is 0.0203. The smallest absolute Gasteiger partial charge is 0.387 e. The van der Waals surface area contributed by atoms with E-state index in [-0.39, 0.29) is 11.4 Å². The topological polar surface area (TPSA) is 76.8 Å². The van der Waals surface area contributed by atoms with Crippen LogP contribution in [-0.2, 0) is 0 Å². The molecule has 2 aromatic rings. The van der Waals surface area contributed by atoms with E-state index in [0.29, 0.717) is 17.0 Å². The Morgan fingerprint density at radius 2 is 1.96 bits per heavy atom. The molecular weight excluding hydrogens is 308 g/mol. The van der Waals surface area contributed by atoms with Crippen molar-refractivity contribution >= 4 is 17.1 Å². The first-order chi connectivity index (χ1) is 11.0. The monoisotopic (exact) mass is 321 g/mol. The van der Waals surface area contributed by atoms with Crippen LogP contribution in [0.2, 0.25) is 0 Å². The summed E-state index contributed by atoms with van der Waals surface area (Å²) in [7, 11) is 0. The molecule has 0 aliphatic carbocycles. The zero-order valence-electron chi connectivity index (χ0n) is 12.1. The van der Waals surface area contributed by atoms with Crippen LogP contribution in [0.5, 0.6) is 5.75 Å². The van der Waals surface area contributed by atoms with Crippen LogP contribution in [0.3, 0.4) is 0 Å². The zero-order valence-corrected chi connectivity index (χ0v) is 12.1. The molecule has 0 saturated heterocycles. The molecule has 0 aromatic heterocycles. The van der Waals surface area contributed by atoms with Gasteiger partial charge in [-0.05, 0) is 31.2 Å². The van der Waals surface area contributed by atoms with E-state index in [1.165, 1.54) is 36.4 Å². The average Bonchev–Trinajstić information content (AvgIpc) is 2.52. The Hall–Kier alpha value is -3.03. The first-order valence-electron chi connectivity index (χ1n) is 6.55. The molecule has 0 radical (unpaired) electrons. The Morgan fingerprint density at radius 1 is 1.26 bits per heavy atom. The van der Waals surface area contributed by atoms with E-state index in [1.807, 2.05) is 0 Å². The summed E-state index contributed by atoms with van der Waals surface area (Å²) in [6, 6.07) is 11.9. The molecular formula is C15H13F2N3O3. The molecule has 6 nitrogen and oxygen atoms in total. The lowest BCUT2D eigenvalue weighted by molar-refractivity contribution is -0.384. The molecule has 0 spiro atoms. The predicted octanol–water partition coefficient (Wildman–Crippen LogP) is 4.03. The quantitative estimate of drug-likeness (QED) is 0.495. The van der Waals surface area contributed by atoms with E-state index < -0.39 is 11.5 Å². The third-order valence-electron chi connectivity index (χ3n) is 2.91. The standard InChI is InChI=1S/C15H13F2N3O3/c1-10(11-3-2-4-14(9-11)23-15(16)17)18-19-12-5-7-13(8-6-12)20(21)22/h2-9,15,19H,1H3/b18-10+. The highest BCUT2D eigenvalue weighted by atomic mass is 19.3. The van der Waals surface area contributed by atoms with Gasteiger partial charge in [-0.25, -0.2) is 0 Å². The van der Waals surface area contributed by atoms with E-state index in [9.17, 15) is 18.9 Å². The van der Waals surface area contributed by atoms with Gasteiger partial charge in [0.05, 0.1) is 16.3 Å². The maximum atomic E-state index is 12.2. The second-order valence-corrected chi connectivity index (χ2v) is 4.52. The highest BCUT2D eigenvalue weighted by Crippen LogP contribution is 2.18. The number of rotatable bonds is 6. The summed E-state index contributed by atoms with van der Waals surface area (Å²) < 4.78 is 28.7. The molecule has 2 aromatic carbocycles. The predicted molar refractivity (Wildman–Crippen MR) is 82.0 cm³/mol. The van der Waals surface area contributed by atoms with Crippen LogP contribution in [0.4, 0.5) is 20.2 Å². The fourth-order valence-corrected chi connectivity index (χ4v) is 1.77. The summed E-state index contributed by atoms with van der Waals surface area (Å²) in [6.45, 7) is -1.19. The number of hydrogen-bond donors (Lipinski definition) is 1. The number of anilines is 1. The summed E-state index contributed by atoms with van der Waals surface area (Å²) in [5.41, 5.74) is 4.44. The molecule has 0 bridgehead atoms. The normalized spacial score (nSPS) is 11.4. The summed E-state index contributed by atoms with van der Waals surface area (Å²) in [6.07, 6.45) is 0. The minimum Gasteiger partial charge on any atom is -0.435 e. The lowest BCUT2D eigenvalue weighted by Crippen LogP contribution is -2.04. The number of benzene rings is 2. The largest absolute Gasteiger partial charge is 0.435 e. The highest BCUT2D eigenvalue weighted by molar-refractivity contribution is 5.99. The number of nitrogens with zero attached hydrogens (tertiary/aromatic N) is 2. The van der Waals surface area contributed by atoms with Crippen molar-refractivity contribution in [1.82, 2.24) is 0 Å². The van der Waals surface area contributed by atoms with Crippen LogP contribution < -0.4 is 10.2 Å². The number of hydrogen-bond acceptors (Lipinski definition) is 5. The van der Waals surface area contributed by atoms with Crippen LogP contribution in [0.15, 0.2) is 53.6 Å². The van der Waals surface area contributed by atoms with Crippen molar-refractivity contribution in [3.8, 4) is 5.75 Å². The number of nitro groups is 1. The molecule has 0 atom stereocenters. The summed E-state index contributed by atoms with van der Waals surface area (Å²) in [5.74, 6) is 0.0439. The number of halogens is 2. The van der Waals surface area contributed by atoms with Crippen molar-refractivity contribution in [2.24, 2.45) is 5.10 Å². The number of ether oxygens (including phenoxy) is 1. The molecule has 0 aliphatic heterocycles. The van der Waals surface area contributed by atoms with Crippen LogP contribution in [-0.4, -0.2) is 17.2 Å². The maximum Gasteiger partial charge on any atom is 0.387 e. The molecule has 0 amide bonds. The summed E-state index contributed by atoms with van der Waals surface area (Å²) in [4.78, 5) is 10.1. The first-order valence-corrected chi connectivity index (χ1v) is 6.55. The Bertz CT molecular complexity index is 718. The molecule has 0 aliphatic rings. The third-order valence-corrected chi connectivity index (χ3v) is 2.91. The molecule has 23 heavy (non-hydrogen) atoms. The molecule has 1 N–H and O–H groups in total. The number of nitrogens with one attached hydrogen (secondary N) is 1. The minimum atomic E-state index is -2.89. The van der Waals surface area contributed by atoms with Gasteiger partial charge < -0.3 is 4.74 Å². The van der Waals surface area contributed by atoms with Crippen molar-refractivity contribution in [2.45, 2.75) is 13.5 Å². The van der Waals surface area contributed by atoms with Gasteiger partial charge >= 0.3 is 6.61 Å². The second kappa shape index (κ2) is 7.30. The van der Waals surface area contributed by atoms with Gasteiger partial charge in [-0.3, -0.25) is 15.5 Å². The van der Waals surface area contributed by atoms with Crippen molar-refractivity contribution < 1.29 is 18.4 Å². The Morgan fingerprint density at radius 3 is 2.57 bits per heavy atom. The average molecular weight is 321 g/mol. The van der Waals surface area contributed by atoms with Gasteiger partial charge in [0.2, 0.25) is 0 Å². The maximum absolute atomic E-state index is 12.2. The Labute approximate surface area is 130 Å². The number of hydrazone groups is 1. The van der Waals surface area contributed by atoms with Gasteiger partial charge in [-0.2, -0.15) is 13.9 Å². The van der Waals surface area contributed by atoms with Crippen LogP contribution in [0.25, 0.3) is 0 Å². The van der Waals surface area contributed by atoms with Gasteiger partial charge in [0.25, 0.3) is 5.69 Å². The molecule has 8 heteroatoms. The van der Waals surface area contributed by atoms with Crippen molar-refractivity contribution in [1.29, 1.82) is 0 Å². The van der Waals surface area contributed by atoms with Gasteiger partial charge in [0.1, 0.15) is 5.75 Å². The summed E-state index contributed by atoms with van der Waals surface area (Å²) in [5, 5.41) is 14.7. The van der Waals surface area contributed by atoms with Crippen molar-refractivity contribution in [2.75, 3.05) is 5.43 Å². The van der Waals surface area contributed by atoms with Gasteiger partial charge in [-0.1, -0.05) is 12.1 Å². The highest BCUT2D eigenvalue weighted by Gasteiger charge is 2.06.